The predicted octanol–water partition coefficient (Wildman–Crippen LogP) is 1.28. The van der Waals surface area contributed by atoms with Crippen LogP contribution < -0.4 is 0 Å². The summed E-state index contributed by atoms with van der Waals surface area (Å²) in [5.41, 5.74) is 4.79. The van der Waals surface area contributed by atoms with Crippen molar-refractivity contribution in [2.75, 3.05) is 6.54 Å². The lowest BCUT2D eigenvalue weighted by atomic mass is 9.99. The van der Waals surface area contributed by atoms with Crippen molar-refractivity contribution in [1.82, 2.24) is 39.2 Å². The van der Waals surface area contributed by atoms with Gasteiger partial charge in [-0.05, 0) is 24.6 Å². The second kappa shape index (κ2) is 5.76. The predicted molar refractivity (Wildman–Crippen MR) is 96.1 cm³/mol. The smallest absolute Gasteiger partial charge is 0.292 e. The highest BCUT2D eigenvalue weighted by Gasteiger charge is 2.37. The van der Waals surface area contributed by atoms with Crippen LogP contribution in [0.5, 0.6) is 0 Å². The van der Waals surface area contributed by atoms with Gasteiger partial charge in [-0.15, -0.1) is 0 Å². The molecule has 0 fully saturated rings. The molecule has 136 valence electrons. The van der Waals surface area contributed by atoms with E-state index < -0.39 is 0 Å². The lowest BCUT2D eigenvalue weighted by Crippen LogP contribution is -2.42. The Bertz CT molecular complexity index is 1150. The van der Waals surface area contributed by atoms with Crippen molar-refractivity contribution in [3.05, 3.63) is 65.5 Å². The lowest BCUT2D eigenvalue weighted by Gasteiger charge is -2.33. The lowest BCUT2D eigenvalue weighted by molar-refractivity contribution is 0.0669. The number of nitrogens with zero attached hydrogens (tertiary/aromatic N) is 7. The molecule has 1 aliphatic heterocycles. The van der Waals surface area contributed by atoms with Crippen LogP contribution in [0.15, 0.2) is 37.1 Å². The van der Waals surface area contributed by atoms with Crippen molar-refractivity contribution in [2.24, 2.45) is 7.05 Å². The Labute approximate surface area is 154 Å². The minimum absolute atomic E-state index is 0.178. The molecule has 4 aromatic heterocycles. The van der Waals surface area contributed by atoms with Gasteiger partial charge in [-0.25, -0.2) is 19.2 Å². The van der Waals surface area contributed by atoms with Gasteiger partial charge in [0.1, 0.15) is 12.4 Å². The molecule has 0 radical (unpaired) electrons. The van der Waals surface area contributed by atoms with E-state index in [1.165, 1.54) is 11.0 Å². The number of aromatic amines is 1. The summed E-state index contributed by atoms with van der Waals surface area (Å²) in [7, 11) is 1.72. The summed E-state index contributed by atoms with van der Waals surface area (Å²) in [4.78, 5) is 26.8. The molecule has 27 heavy (non-hydrogen) atoms. The number of amides is 1. The first kappa shape index (κ1) is 15.7. The van der Waals surface area contributed by atoms with E-state index in [0.717, 1.165) is 28.2 Å². The van der Waals surface area contributed by atoms with Gasteiger partial charge in [0.15, 0.2) is 0 Å². The fraction of sp³-hybridized carbons (Fsp3) is 0.278. The molecule has 4 aromatic rings. The number of hydrogen-bond acceptors (Lipinski definition) is 5. The summed E-state index contributed by atoms with van der Waals surface area (Å²) < 4.78 is 3.34. The monoisotopic (exact) mass is 362 g/mol. The molecular weight excluding hydrogens is 344 g/mol. The van der Waals surface area contributed by atoms with Gasteiger partial charge in [0.05, 0.1) is 23.2 Å². The fourth-order valence-electron chi connectivity index (χ4n) is 3.72. The third-order valence-electron chi connectivity index (χ3n) is 5.10. The van der Waals surface area contributed by atoms with Gasteiger partial charge >= 0.3 is 0 Å². The minimum Gasteiger partial charge on any atom is -0.348 e. The Hall–Kier alpha value is -3.49. The van der Waals surface area contributed by atoms with Crippen LogP contribution in [0, 0.1) is 6.92 Å². The van der Waals surface area contributed by atoms with Crippen molar-refractivity contribution in [1.29, 1.82) is 0 Å². The van der Waals surface area contributed by atoms with E-state index in [-0.39, 0.29) is 11.9 Å². The van der Waals surface area contributed by atoms with E-state index in [2.05, 4.69) is 20.1 Å². The second-order valence-electron chi connectivity index (χ2n) is 6.71. The zero-order valence-corrected chi connectivity index (χ0v) is 15.0. The van der Waals surface area contributed by atoms with Crippen LogP contribution >= 0.6 is 0 Å². The number of carbonyl (C=O) groups is 1. The topological polar surface area (TPSA) is 97.0 Å². The van der Waals surface area contributed by atoms with Crippen molar-refractivity contribution < 1.29 is 4.79 Å². The van der Waals surface area contributed by atoms with E-state index >= 15 is 0 Å². The zero-order valence-electron chi connectivity index (χ0n) is 15.0. The first-order valence-corrected chi connectivity index (χ1v) is 8.75. The standard InChI is InChI=1S/C18H18N8O/c1-11-4-3-6-26-14(11)8-13(23-26)16-15-12(19-9-20-15)5-7-25(16)18(27)17-21-10-22-24(17)2/h3-4,6,8-10,16H,5,7H2,1-2H3,(H,19,20). The average molecular weight is 362 g/mol. The van der Waals surface area contributed by atoms with Crippen molar-refractivity contribution >= 4 is 11.4 Å². The summed E-state index contributed by atoms with van der Waals surface area (Å²) in [5.74, 6) is 0.126. The van der Waals surface area contributed by atoms with E-state index in [1.807, 2.05) is 35.8 Å². The first-order valence-electron chi connectivity index (χ1n) is 8.75. The minimum atomic E-state index is -0.372. The molecule has 9 nitrogen and oxygen atoms in total. The first-order chi connectivity index (χ1) is 13.1. The molecule has 1 unspecified atom stereocenters. The van der Waals surface area contributed by atoms with Gasteiger partial charge in [0.25, 0.3) is 5.91 Å². The number of pyridine rings is 1. The van der Waals surface area contributed by atoms with Crippen LogP contribution in [0.3, 0.4) is 0 Å². The highest BCUT2D eigenvalue weighted by molar-refractivity contribution is 5.91. The molecule has 9 heteroatoms. The molecule has 1 amide bonds. The molecule has 5 rings (SSSR count). The average Bonchev–Trinajstić information content (AvgIpc) is 3.39. The van der Waals surface area contributed by atoms with Crippen LogP contribution in [0.1, 0.15) is 39.3 Å². The van der Waals surface area contributed by atoms with Crippen LogP contribution in [0.2, 0.25) is 0 Å². The molecule has 1 N–H and O–H groups in total. The molecule has 0 aliphatic carbocycles. The van der Waals surface area contributed by atoms with E-state index in [0.29, 0.717) is 18.8 Å². The molecule has 0 saturated heterocycles. The summed E-state index contributed by atoms with van der Waals surface area (Å²) >= 11 is 0. The summed E-state index contributed by atoms with van der Waals surface area (Å²) in [6.07, 6.45) is 5.69. The Balaban J connectivity index is 1.66. The maximum absolute atomic E-state index is 13.2. The molecule has 1 atom stereocenters. The van der Waals surface area contributed by atoms with Gasteiger partial charge in [0, 0.05) is 31.9 Å². The number of rotatable bonds is 2. The number of aromatic nitrogens is 7. The van der Waals surface area contributed by atoms with Crippen LogP contribution in [-0.4, -0.2) is 51.7 Å². The Morgan fingerprint density at radius 2 is 2.22 bits per heavy atom. The summed E-state index contributed by atoms with van der Waals surface area (Å²) in [6.45, 7) is 2.60. The molecule has 0 aromatic carbocycles. The number of fused-ring (bicyclic) bond motifs is 2. The normalized spacial score (nSPS) is 16.7. The summed E-state index contributed by atoms with van der Waals surface area (Å²) in [5, 5.41) is 8.77. The molecule has 1 aliphatic rings. The van der Waals surface area contributed by atoms with E-state index in [9.17, 15) is 4.79 Å². The number of aryl methyl sites for hydroxylation is 2. The number of hydrogen-bond donors (Lipinski definition) is 1. The third kappa shape index (κ3) is 2.35. The SMILES string of the molecule is Cc1cccn2nc(C3c4nc[nH]c4CCN3C(=O)c3ncnn3C)cc12. The van der Waals surface area contributed by atoms with Crippen molar-refractivity contribution in [3.63, 3.8) is 0 Å². The highest BCUT2D eigenvalue weighted by atomic mass is 16.2. The Kier molecular flexibility index (Phi) is 3.36. The molecule has 0 bridgehead atoms. The number of imidazole rings is 1. The van der Waals surface area contributed by atoms with Gasteiger partial charge in [0.2, 0.25) is 5.82 Å². The Morgan fingerprint density at radius 3 is 3.00 bits per heavy atom. The number of carbonyl (C=O) groups excluding carboxylic acids is 1. The molecule has 0 spiro atoms. The van der Waals surface area contributed by atoms with Crippen LogP contribution in [-0.2, 0) is 13.5 Å². The van der Waals surface area contributed by atoms with Gasteiger partial charge in [-0.2, -0.15) is 10.2 Å². The highest BCUT2D eigenvalue weighted by Crippen LogP contribution is 2.34. The maximum Gasteiger partial charge on any atom is 0.292 e. The fourth-order valence-corrected chi connectivity index (χ4v) is 3.72. The maximum atomic E-state index is 13.2. The van der Waals surface area contributed by atoms with Gasteiger partial charge in [-0.3, -0.25) is 4.79 Å². The Morgan fingerprint density at radius 1 is 1.33 bits per heavy atom. The molecular formula is C18H18N8O. The van der Waals surface area contributed by atoms with Crippen molar-refractivity contribution in [2.45, 2.75) is 19.4 Å². The van der Waals surface area contributed by atoms with Crippen LogP contribution in [0.4, 0.5) is 0 Å². The quantitative estimate of drug-likeness (QED) is 0.579. The zero-order chi connectivity index (χ0) is 18.5. The second-order valence-corrected chi connectivity index (χ2v) is 6.71. The summed E-state index contributed by atoms with van der Waals surface area (Å²) in [6, 6.07) is 5.66. The largest absolute Gasteiger partial charge is 0.348 e. The number of H-pyrrole nitrogens is 1. The van der Waals surface area contributed by atoms with Crippen molar-refractivity contribution in [3.8, 4) is 0 Å². The molecule has 0 saturated carbocycles. The van der Waals surface area contributed by atoms with E-state index in [1.54, 1.807) is 18.3 Å². The number of nitrogens with one attached hydrogen (secondary N) is 1. The molecule has 5 heterocycles. The van der Waals surface area contributed by atoms with Gasteiger partial charge in [-0.1, -0.05) is 6.07 Å². The third-order valence-corrected chi connectivity index (χ3v) is 5.10. The van der Waals surface area contributed by atoms with E-state index in [4.69, 9.17) is 5.10 Å². The van der Waals surface area contributed by atoms with Gasteiger partial charge < -0.3 is 9.88 Å². The van der Waals surface area contributed by atoms with Crippen LogP contribution in [0.25, 0.3) is 5.52 Å².